The molecule has 2 fully saturated rings. The number of ether oxygens (including phenoxy) is 1. The summed E-state index contributed by atoms with van der Waals surface area (Å²) in [5.74, 6) is 2.25. The topological polar surface area (TPSA) is 108 Å². The average molecular weight is 497 g/mol. The van der Waals surface area contributed by atoms with E-state index in [-0.39, 0.29) is 0 Å². The standard InChI is InChI=1S/C24H28N6O4S/c1-35(31,32)30-9-7-28(8-10-30)16-17-15-21-22(34-17)24(29-11-13-33-14-12-29)27-23(26-21)19-3-2-4-20-18(19)5-6-25-20/h2-6,15,25H,7-14,16H2,1H3. The van der Waals surface area contributed by atoms with Crippen LogP contribution in [0.15, 0.2) is 40.9 Å². The second-order valence-corrected chi connectivity index (χ2v) is 11.1. The van der Waals surface area contributed by atoms with Crippen molar-refractivity contribution in [2.24, 2.45) is 0 Å². The van der Waals surface area contributed by atoms with E-state index in [4.69, 9.17) is 19.1 Å². The summed E-state index contributed by atoms with van der Waals surface area (Å²) >= 11 is 0. The fourth-order valence-corrected chi connectivity index (χ4v) is 5.70. The number of benzene rings is 1. The van der Waals surface area contributed by atoms with E-state index in [0.29, 0.717) is 57.3 Å². The van der Waals surface area contributed by atoms with Gasteiger partial charge >= 0.3 is 0 Å². The molecule has 184 valence electrons. The van der Waals surface area contributed by atoms with Crippen molar-refractivity contribution in [3.63, 3.8) is 0 Å². The Balaban J connectivity index is 1.36. The SMILES string of the molecule is CS(=O)(=O)N1CCN(Cc2cc3nc(-c4cccc5[nH]ccc45)nc(N4CCOCC4)c3o2)CC1. The molecule has 2 saturated heterocycles. The summed E-state index contributed by atoms with van der Waals surface area (Å²) in [6.45, 7) is 5.66. The van der Waals surface area contributed by atoms with Gasteiger partial charge in [0.05, 0.1) is 26.0 Å². The smallest absolute Gasteiger partial charge is 0.211 e. The lowest BCUT2D eigenvalue weighted by Crippen LogP contribution is -2.47. The van der Waals surface area contributed by atoms with Crippen molar-refractivity contribution in [1.29, 1.82) is 0 Å². The van der Waals surface area contributed by atoms with Crippen LogP contribution in [0.1, 0.15) is 5.76 Å². The van der Waals surface area contributed by atoms with Gasteiger partial charge in [-0.3, -0.25) is 4.90 Å². The van der Waals surface area contributed by atoms with Crippen molar-refractivity contribution < 1.29 is 17.6 Å². The number of H-pyrrole nitrogens is 1. The fraction of sp³-hybridized carbons (Fsp3) is 0.417. The number of fused-ring (bicyclic) bond motifs is 2. The molecule has 1 aromatic carbocycles. The van der Waals surface area contributed by atoms with Crippen LogP contribution >= 0.6 is 0 Å². The molecule has 6 rings (SSSR count). The van der Waals surface area contributed by atoms with Gasteiger partial charge in [0, 0.05) is 68.0 Å². The molecule has 3 aromatic heterocycles. The second kappa shape index (κ2) is 8.90. The summed E-state index contributed by atoms with van der Waals surface area (Å²) < 4.78 is 37.1. The third-order valence-corrected chi connectivity index (χ3v) is 8.03. The summed E-state index contributed by atoms with van der Waals surface area (Å²) in [5.41, 5.74) is 3.47. The van der Waals surface area contributed by atoms with E-state index in [2.05, 4.69) is 14.8 Å². The quantitative estimate of drug-likeness (QED) is 0.448. The molecule has 4 aromatic rings. The minimum atomic E-state index is -3.16. The molecule has 0 bridgehead atoms. The van der Waals surface area contributed by atoms with Crippen LogP contribution in [-0.2, 0) is 21.3 Å². The van der Waals surface area contributed by atoms with Crippen molar-refractivity contribution in [3.05, 3.63) is 42.3 Å². The number of nitrogens with zero attached hydrogens (tertiary/aromatic N) is 5. The highest BCUT2D eigenvalue weighted by molar-refractivity contribution is 7.88. The van der Waals surface area contributed by atoms with Crippen LogP contribution in [-0.4, -0.2) is 91.3 Å². The van der Waals surface area contributed by atoms with Crippen LogP contribution < -0.4 is 4.90 Å². The lowest BCUT2D eigenvalue weighted by Gasteiger charge is -2.32. The molecule has 10 nitrogen and oxygen atoms in total. The van der Waals surface area contributed by atoms with Crippen LogP contribution in [0.5, 0.6) is 0 Å². The highest BCUT2D eigenvalue weighted by Gasteiger charge is 2.26. The van der Waals surface area contributed by atoms with E-state index in [1.807, 2.05) is 36.5 Å². The Morgan fingerprint density at radius 1 is 1.03 bits per heavy atom. The molecule has 0 saturated carbocycles. The van der Waals surface area contributed by atoms with Gasteiger partial charge in [0.1, 0.15) is 11.3 Å². The Kier molecular flexibility index (Phi) is 5.72. The number of aromatic nitrogens is 3. The Bertz CT molecular complexity index is 1470. The Hall–Kier alpha value is -2.99. The summed E-state index contributed by atoms with van der Waals surface area (Å²) in [6, 6.07) is 10.1. The maximum atomic E-state index is 11.8. The van der Waals surface area contributed by atoms with E-state index in [9.17, 15) is 8.42 Å². The maximum Gasteiger partial charge on any atom is 0.211 e. The lowest BCUT2D eigenvalue weighted by molar-refractivity contribution is 0.122. The van der Waals surface area contributed by atoms with Crippen molar-refractivity contribution in [1.82, 2.24) is 24.2 Å². The molecule has 2 aliphatic heterocycles. The number of furan rings is 1. The summed E-state index contributed by atoms with van der Waals surface area (Å²) in [5, 5.41) is 1.08. The Labute approximate surface area is 203 Å². The molecule has 5 heterocycles. The first-order valence-electron chi connectivity index (χ1n) is 11.8. The first-order chi connectivity index (χ1) is 17.0. The van der Waals surface area contributed by atoms with Crippen LogP contribution in [0.4, 0.5) is 5.82 Å². The third-order valence-electron chi connectivity index (χ3n) is 6.73. The molecule has 1 N–H and O–H groups in total. The van der Waals surface area contributed by atoms with Crippen LogP contribution in [0, 0.1) is 0 Å². The predicted molar refractivity (Wildman–Crippen MR) is 134 cm³/mol. The highest BCUT2D eigenvalue weighted by Crippen LogP contribution is 2.33. The number of hydrogen-bond donors (Lipinski definition) is 1. The molecule has 11 heteroatoms. The van der Waals surface area contributed by atoms with Crippen molar-refractivity contribution in [2.75, 3.05) is 63.6 Å². The lowest BCUT2D eigenvalue weighted by atomic mass is 10.1. The number of hydrogen-bond acceptors (Lipinski definition) is 8. The van der Waals surface area contributed by atoms with Gasteiger partial charge in [0.25, 0.3) is 0 Å². The van der Waals surface area contributed by atoms with E-state index >= 15 is 0 Å². The molecule has 35 heavy (non-hydrogen) atoms. The molecular formula is C24H28N6O4S. The highest BCUT2D eigenvalue weighted by atomic mass is 32.2. The third kappa shape index (κ3) is 4.40. The van der Waals surface area contributed by atoms with Crippen LogP contribution in [0.25, 0.3) is 33.4 Å². The van der Waals surface area contributed by atoms with E-state index in [1.54, 1.807) is 0 Å². The van der Waals surface area contributed by atoms with E-state index in [1.165, 1.54) is 10.6 Å². The summed E-state index contributed by atoms with van der Waals surface area (Å²) in [6.07, 6.45) is 3.19. The van der Waals surface area contributed by atoms with Gasteiger partial charge in [0.2, 0.25) is 10.0 Å². The molecule has 0 amide bonds. The largest absolute Gasteiger partial charge is 0.454 e. The number of morpholine rings is 1. The molecule has 0 aliphatic carbocycles. The minimum absolute atomic E-state index is 0.489. The monoisotopic (exact) mass is 496 g/mol. The maximum absolute atomic E-state index is 11.8. The van der Waals surface area contributed by atoms with Gasteiger partial charge in [-0.05, 0) is 12.1 Å². The zero-order valence-corrected chi connectivity index (χ0v) is 20.4. The number of piperazine rings is 1. The van der Waals surface area contributed by atoms with Gasteiger partial charge in [-0.1, -0.05) is 12.1 Å². The number of rotatable bonds is 5. The normalized spacial score (nSPS) is 18.6. The van der Waals surface area contributed by atoms with E-state index in [0.717, 1.165) is 46.7 Å². The molecule has 0 atom stereocenters. The number of aromatic amines is 1. The van der Waals surface area contributed by atoms with Crippen molar-refractivity contribution in [2.45, 2.75) is 6.54 Å². The first-order valence-corrected chi connectivity index (χ1v) is 13.7. The van der Waals surface area contributed by atoms with Gasteiger partial charge in [-0.25, -0.2) is 18.4 Å². The molecular weight excluding hydrogens is 468 g/mol. The number of sulfonamides is 1. The summed E-state index contributed by atoms with van der Waals surface area (Å²) in [7, 11) is -3.16. The zero-order chi connectivity index (χ0) is 24.0. The van der Waals surface area contributed by atoms with Gasteiger partial charge in [-0.15, -0.1) is 0 Å². The van der Waals surface area contributed by atoms with Crippen LogP contribution in [0.3, 0.4) is 0 Å². The molecule has 2 aliphatic rings. The Morgan fingerprint density at radius 2 is 1.83 bits per heavy atom. The van der Waals surface area contributed by atoms with Crippen molar-refractivity contribution >= 4 is 37.8 Å². The van der Waals surface area contributed by atoms with Gasteiger partial charge < -0.3 is 19.0 Å². The second-order valence-electron chi connectivity index (χ2n) is 9.08. The van der Waals surface area contributed by atoms with E-state index < -0.39 is 10.0 Å². The van der Waals surface area contributed by atoms with Gasteiger partial charge in [0.15, 0.2) is 17.2 Å². The molecule has 0 unspecified atom stereocenters. The average Bonchev–Trinajstić information content (AvgIpc) is 3.50. The first kappa shape index (κ1) is 22.5. The summed E-state index contributed by atoms with van der Waals surface area (Å²) in [4.78, 5) is 17.6. The zero-order valence-electron chi connectivity index (χ0n) is 19.6. The minimum Gasteiger partial charge on any atom is -0.454 e. The number of anilines is 1. The predicted octanol–water partition coefficient (Wildman–Crippen LogP) is 2.28. The molecule has 0 radical (unpaired) electrons. The van der Waals surface area contributed by atoms with Crippen LogP contribution in [0.2, 0.25) is 0 Å². The molecule has 0 spiro atoms. The van der Waals surface area contributed by atoms with Crippen molar-refractivity contribution in [3.8, 4) is 11.4 Å². The number of nitrogens with one attached hydrogen (secondary N) is 1. The fourth-order valence-electron chi connectivity index (χ4n) is 4.87. The Morgan fingerprint density at radius 3 is 2.60 bits per heavy atom. The van der Waals surface area contributed by atoms with Gasteiger partial charge in [-0.2, -0.15) is 4.31 Å².